The van der Waals surface area contributed by atoms with E-state index in [0.29, 0.717) is 0 Å². The van der Waals surface area contributed by atoms with Crippen molar-refractivity contribution in [3.63, 3.8) is 0 Å². The van der Waals surface area contributed by atoms with E-state index in [-0.39, 0.29) is 0 Å². The molecule has 0 aliphatic carbocycles. The number of nitrogens with one attached hydrogen (secondary N) is 1. The average molecular weight is 248 g/mol. The molecule has 0 bridgehead atoms. The Morgan fingerprint density at radius 1 is 1.33 bits per heavy atom. The van der Waals surface area contributed by atoms with Crippen LogP contribution in [0.25, 0.3) is 0 Å². The second-order valence-electron chi connectivity index (χ2n) is 4.62. The molecule has 100 valence electrons. The summed E-state index contributed by atoms with van der Waals surface area (Å²) in [5, 5.41) is 3.55. The van der Waals surface area contributed by atoms with Crippen molar-refractivity contribution < 1.29 is 4.74 Å². The molecule has 3 nitrogen and oxygen atoms in total. The summed E-state index contributed by atoms with van der Waals surface area (Å²) in [6.45, 7) is 8.91. The summed E-state index contributed by atoms with van der Waals surface area (Å²) >= 11 is 0. The minimum atomic E-state index is 0.794. The van der Waals surface area contributed by atoms with Gasteiger partial charge < -0.3 is 15.0 Å². The molecule has 1 aliphatic rings. The maximum absolute atomic E-state index is 5.47. The molecule has 18 heavy (non-hydrogen) atoms. The van der Waals surface area contributed by atoms with Crippen LogP contribution in [0, 0.1) is 0 Å². The Kier molecular flexibility index (Phi) is 4.88. The Morgan fingerprint density at radius 3 is 3.00 bits per heavy atom. The molecule has 0 fully saturated rings. The first-order valence-electron chi connectivity index (χ1n) is 7.05. The maximum Gasteiger partial charge on any atom is 0.0641 e. The lowest BCUT2D eigenvalue weighted by molar-refractivity contribution is 0.154. The summed E-state index contributed by atoms with van der Waals surface area (Å²) in [7, 11) is 0. The van der Waals surface area contributed by atoms with E-state index < -0.39 is 0 Å². The van der Waals surface area contributed by atoms with Crippen molar-refractivity contribution in [2.24, 2.45) is 0 Å². The predicted octanol–water partition coefficient (Wildman–Crippen LogP) is 2.91. The number of fused-ring (bicyclic) bond motifs is 1. The summed E-state index contributed by atoms with van der Waals surface area (Å²) in [6.07, 6.45) is 2.43. The Labute approximate surface area is 110 Å². The van der Waals surface area contributed by atoms with E-state index in [1.165, 1.54) is 29.8 Å². The average Bonchev–Trinajstić information content (AvgIpc) is 2.43. The Bertz CT molecular complexity index is 379. The zero-order chi connectivity index (χ0) is 12.8. The quantitative estimate of drug-likeness (QED) is 0.783. The summed E-state index contributed by atoms with van der Waals surface area (Å²) < 4.78 is 5.47. The van der Waals surface area contributed by atoms with E-state index in [2.05, 4.69) is 35.3 Å². The molecule has 1 aliphatic heterocycles. The highest BCUT2D eigenvalue weighted by molar-refractivity contribution is 5.74. The second-order valence-corrected chi connectivity index (χ2v) is 4.62. The van der Waals surface area contributed by atoms with Crippen molar-refractivity contribution in [2.45, 2.75) is 26.7 Å². The molecule has 0 unspecified atom stereocenters. The van der Waals surface area contributed by atoms with Gasteiger partial charge in [-0.05, 0) is 38.3 Å². The van der Waals surface area contributed by atoms with Gasteiger partial charge in [0.15, 0.2) is 0 Å². The number of anilines is 2. The molecular formula is C15H24N2O. The van der Waals surface area contributed by atoms with Gasteiger partial charge in [0.2, 0.25) is 0 Å². The van der Waals surface area contributed by atoms with Crippen molar-refractivity contribution >= 4 is 11.4 Å². The number of para-hydroxylation sites is 1. The zero-order valence-electron chi connectivity index (χ0n) is 11.5. The Morgan fingerprint density at radius 2 is 2.22 bits per heavy atom. The van der Waals surface area contributed by atoms with Gasteiger partial charge in [-0.15, -0.1) is 0 Å². The van der Waals surface area contributed by atoms with E-state index in [4.69, 9.17) is 4.74 Å². The highest BCUT2D eigenvalue weighted by Gasteiger charge is 2.15. The first-order chi connectivity index (χ1) is 8.86. The molecule has 1 heterocycles. The van der Waals surface area contributed by atoms with Gasteiger partial charge in [-0.2, -0.15) is 0 Å². The fourth-order valence-electron chi connectivity index (χ4n) is 2.52. The summed E-state index contributed by atoms with van der Waals surface area (Å²) in [5.74, 6) is 0. The first-order valence-corrected chi connectivity index (χ1v) is 7.05. The fraction of sp³-hybridized carbons (Fsp3) is 0.600. The Balaban J connectivity index is 2.14. The molecule has 1 aromatic rings. The van der Waals surface area contributed by atoms with Gasteiger partial charge in [-0.3, -0.25) is 0 Å². The lowest BCUT2D eigenvalue weighted by atomic mass is 10.0. The lowest BCUT2D eigenvalue weighted by Gasteiger charge is -2.29. The molecule has 0 aromatic heterocycles. The molecule has 2 rings (SSSR count). The molecule has 3 heteroatoms. The fourth-order valence-corrected chi connectivity index (χ4v) is 2.52. The molecule has 0 saturated heterocycles. The predicted molar refractivity (Wildman–Crippen MR) is 77.6 cm³/mol. The van der Waals surface area contributed by atoms with Gasteiger partial charge in [0.1, 0.15) is 0 Å². The van der Waals surface area contributed by atoms with Crippen LogP contribution in [-0.4, -0.2) is 32.8 Å². The van der Waals surface area contributed by atoms with Gasteiger partial charge in [-0.1, -0.05) is 12.1 Å². The van der Waals surface area contributed by atoms with Crippen molar-refractivity contribution in [2.75, 3.05) is 43.1 Å². The summed E-state index contributed by atoms with van der Waals surface area (Å²) in [6, 6.07) is 6.62. The molecule has 1 aromatic carbocycles. The van der Waals surface area contributed by atoms with E-state index in [9.17, 15) is 0 Å². The SMILES string of the molecule is CCOCCN(CC)c1cccc2c1NCCC2. The van der Waals surface area contributed by atoms with Gasteiger partial charge >= 0.3 is 0 Å². The van der Waals surface area contributed by atoms with Gasteiger partial charge in [-0.25, -0.2) is 0 Å². The lowest BCUT2D eigenvalue weighted by Crippen LogP contribution is -2.29. The van der Waals surface area contributed by atoms with Crippen LogP contribution < -0.4 is 10.2 Å². The molecule has 0 saturated carbocycles. The van der Waals surface area contributed by atoms with Crippen LogP contribution in [0.15, 0.2) is 18.2 Å². The largest absolute Gasteiger partial charge is 0.383 e. The minimum absolute atomic E-state index is 0.794. The van der Waals surface area contributed by atoms with Crippen molar-refractivity contribution in [3.8, 4) is 0 Å². The van der Waals surface area contributed by atoms with Crippen LogP contribution in [0.4, 0.5) is 11.4 Å². The highest BCUT2D eigenvalue weighted by atomic mass is 16.5. The molecule has 0 spiro atoms. The molecular weight excluding hydrogens is 224 g/mol. The van der Waals surface area contributed by atoms with Crippen LogP contribution >= 0.6 is 0 Å². The third-order valence-corrected chi connectivity index (χ3v) is 3.49. The molecule has 0 atom stereocenters. The van der Waals surface area contributed by atoms with Crippen LogP contribution in [0.5, 0.6) is 0 Å². The standard InChI is InChI=1S/C15H24N2O/c1-3-17(11-12-18-4-2)14-9-5-7-13-8-6-10-16-15(13)14/h5,7,9,16H,3-4,6,8,10-12H2,1-2H3. The molecule has 0 amide bonds. The van der Waals surface area contributed by atoms with Crippen LogP contribution in [0.1, 0.15) is 25.8 Å². The van der Waals surface area contributed by atoms with Crippen LogP contribution in [0.3, 0.4) is 0 Å². The number of nitrogens with zero attached hydrogens (tertiary/aromatic N) is 1. The van der Waals surface area contributed by atoms with Crippen molar-refractivity contribution in [3.05, 3.63) is 23.8 Å². The summed E-state index contributed by atoms with van der Waals surface area (Å²) in [5.41, 5.74) is 4.12. The van der Waals surface area contributed by atoms with Crippen LogP contribution in [0.2, 0.25) is 0 Å². The number of hydrogen-bond acceptors (Lipinski definition) is 3. The normalized spacial score (nSPS) is 13.9. The van der Waals surface area contributed by atoms with Crippen molar-refractivity contribution in [1.29, 1.82) is 0 Å². The topological polar surface area (TPSA) is 24.5 Å². The van der Waals surface area contributed by atoms with E-state index >= 15 is 0 Å². The highest BCUT2D eigenvalue weighted by Crippen LogP contribution is 2.32. The molecule has 1 N–H and O–H groups in total. The van der Waals surface area contributed by atoms with Gasteiger partial charge in [0.25, 0.3) is 0 Å². The number of hydrogen-bond donors (Lipinski definition) is 1. The van der Waals surface area contributed by atoms with Crippen LogP contribution in [-0.2, 0) is 11.2 Å². The van der Waals surface area contributed by atoms with Crippen molar-refractivity contribution in [1.82, 2.24) is 0 Å². The first kappa shape index (κ1) is 13.2. The number of aryl methyl sites for hydroxylation is 1. The number of rotatable bonds is 6. The number of ether oxygens (including phenoxy) is 1. The third-order valence-electron chi connectivity index (χ3n) is 3.49. The Hall–Kier alpha value is -1.22. The maximum atomic E-state index is 5.47. The molecule has 0 radical (unpaired) electrons. The second kappa shape index (κ2) is 6.64. The van der Waals surface area contributed by atoms with E-state index in [0.717, 1.165) is 32.8 Å². The van der Waals surface area contributed by atoms with Gasteiger partial charge in [0, 0.05) is 26.2 Å². The number of benzene rings is 1. The monoisotopic (exact) mass is 248 g/mol. The minimum Gasteiger partial charge on any atom is -0.383 e. The van der Waals surface area contributed by atoms with Gasteiger partial charge in [0.05, 0.1) is 18.0 Å². The van der Waals surface area contributed by atoms with E-state index in [1.807, 2.05) is 6.92 Å². The smallest absolute Gasteiger partial charge is 0.0641 e. The zero-order valence-corrected chi connectivity index (χ0v) is 11.5. The summed E-state index contributed by atoms with van der Waals surface area (Å²) in [4.78, 5) is 2.40. The number of likely N-dealkylation sites (N-methyl/N-ethyl adjacent to an activating group) is 1. The van der Waals surface area contributed by atoms with E-state index in [1.54, 1.807) is 0 Å². The third kappa shape index (κ3) is 2.96.